The first-order valence-electron chi connectivity index (χ1n) is 10.1. The summed E-state index contributed by atoms with van der Waals surface area (Å²) in [6, 6.07) is 6.29. The molecule has 4 rings (SSSR count). The Labute approximate surface area is 186 Å². The molecule has 0 spiro atoms. The van der Waals surface area contributed by atoms with Crippen LogP contribution in [0, 0.1) is 5.92 Å². The molecule has 4 N–H and O–H groups in total. The van der Waals surface area contributed by atoms with Gasteiger partial charge < -0.3 is 25.6 Å². The molecule has 2 aliphatic heterocycles. The van der Waals surface area contributed by atoms with Crippen LogP contribution in [0.2, 0.25) is 0 Å². The number of ether oxygens (including phenoxy) is 2. The number of rotatable bonds is 6. The van der Waals surface area contributed by atoms with E-state index in [1.807, 2.05) is 37.0 Å². The Morgan fingerprint density at radius 1 is 1.13 bits per heavy atom. The van der Waals surface area contributed by atoms with Crippen LogP contribution < -0.4 is 21.6 Å². The second-order valence-corrected chi connectivity index (χ2v) is 8.30. The maximum atomic E-state index is 5.56. The highest BCUT2D eigenvalue weighted by Gasteiger charge is 2.35. The second-order valence-electron chi connectivity index (χ2n) is 7.25. The molecule has 164 valence electrons. The molecule has 0 amide bonds. The quantitative estimate of drug-likeness (QED) is 0.307. The molecular weight excluding hydrogens is 412 g/mol. The van der Waals surface area contributed by atoms with Gasteiger partial charge in [0.15, 0.2) is 5.84 Å². The zero-order chi connectivity index (χ0) is 21.8. The van der Waals surface area contributed by atoms with E-state index in [9.17, 15) is 0 Å². The molecule has 4 unspecified atom stereocenters. The van der Waals surface area contributed by atoms with E-state index in [2.05, 4.69) is 56.4 Å². The van der Waals surface area contributed by atoms with Crippen LogP contribution in [-0.2, 0) is 9.47 Å². The second kappa shape index (κ2) is 9.69. The van der Waals surface area contributed by atoms with Crippen molar-refractivity contribution in [2.45, 2.75) is 17.5 Å². The first kappa shape index (κ1) is 21.6. The van der Waals surface area contributed by atoms with E-state index in [0.29, 0.717) is 11.1 Å². The number of hydrogen-bond acceptors (Lipinski definition) is 8. The minimum absolute atomic E-state index is 0.0913. The molecule has 0 fully saturated rings. The van der Waals surface area contributed by atoms with E-state index in [1.165, 1.54) is 5.56 Å². The summed E-state index contributed by atoms with van der Waals surface area (Å²) in [7, 11) is 6.96. The molecule has 0 saturated heterocycles. The topological polar surface area (TPSA) is 91.3 Å². The highest BCUT2D eigenvalue weighted by atomic mass is 32.2. The van der Waals surface area contributed by atoms with Crippen molar-refractivity contribution >= 4 is 29.1 Å². The maximum Gasteiger partial charge on any atom is 0.167 e. The van der Waals surface area contributed by atoms with Crippen molar-refractivity contribution in [3.05, 3.63) is 64.7 Å². The van der Waals surface area contributed by atoms with Crippen molar-refractivity contribution in [2.75, 3.05) is 28.3 Å². The molecule has 1 aromatic carbocycles. The first-order valence-corrected chi connectivity index (χ1v) is 11.1. The predicted octanol–water partition coefficient (Wildman–Crippen LogP) is 2.33. The van der Waals surface area contributed by atoms with E-state index in [0.717, 1.165) is 22.8 Å². The number of allylic oxidation sites excluding steroid dienone is 1. The number of hydrogen-bond donors (Lipinski definition) is 4. The molecule has 0 radical (unpaired) electrons. The van der Waals surface area contributed by atoms with Gasteiger partial charge in [-0.2, -0.15) is 5.10 Å². The number of nitrogens with one attached hydrogen (secondary N) is 4. The monoisotopic (exact) mass is 440 g/mol. The first-order chi connectivity index (χ1) is 15.2. The maximum absolute atomic E-state index is 5.56. The van der Waals surface area contributed by atoms with Crippen LogP contribution in [-0.4, -0.2) is 52.2 Å². The van der Waals surface area contributed by atoms with Crippen molar-refractivity contribution in [1.29, 1.82) is 0 Å². The lowest BCUT2D eigenvalue weighted by Gasteiger charge is -2.30. The number of thioether (sulfide) groups is 1. The van der Waals surface area contributed by atoms with E-state index in [-0.39, 0.29) is 18.1 Å². The number of benzene rings is 1. The summed E-state index contributed by atoms with van der Waals surface area (Å²) in [6.45, 7) is 0. The number of nitrogens with zero attached hydrogens (tertiary/aromatic N) is 2. The van der Waals surface area contributed by atoms with Gasteiger partial charge in [0.05, 0.1) is 11.6 Å². The molecule has 9 heteroatoms. The molecule has 8 nitrogen and oxygen atoms in total. The van der Waals surface area contributed by atoms with Gasteiger partial charge in [-0.15, -0.1) is 11.8 Å². The molecule has 4 atom stereocenters. The van der Waals surface area contributed by atoms with E-state index in [1.54, 1.807) is 21.3 Å². The fraction of sp³-hybridized carbons (Fsp3) is 0.364. The van der Waals surface area contributed by atoms with Crippen molar-refractivity contribution in [1.82, 2.24) is 21.6 Å². The Bertz CT molecular complexity index is 971. The van der Waals surface area contributed by atoms with Gasteiger partial charge in [0.2, 0.25) is 0 Å². The number of hydrazone groups is 1. The SMILES string of the molecule is CN/N=C(\NNC)c1ccc2c(c1)N=C(NC1=CC(OC)C(OC)C=C1)C1C=CSC21. The summed E-state index contributed by atoms with van der Waals surface area (Å²) in [6.07, 6.45) is 8.05. The van der Waals surface area contributed by atoms with E-state index in [4.69, 9.17) is 14.5 Å². The molecule has 0 aromatic heterocycles. The molecule has 0 bridgehead atoms. The van der Waals surface area contributed by atoms with Gasteiger partial charge in [0.25, 0.3) is 0 Å². The summed E-state index contributed by atoms with van der Waals surface area (Å²) in [5.41, 5.74) is 12.9. The zero-order valence-electron chi connectivity index (χ0n) is 18.0. The highest BCUT2D eigenvalue weighted by molar-refractivity contribution is 8.02. The van der Waals surface area contributed by atoms with Crippen LogP contribution in [0.3, 0.4) is 0 Å². The molecule has 1 aromatic rings. The van der Waals surface area contributed by atoms with Gasteiger partial charge in [-0.1, -0.05) is 24.3 Å². The van der Waals surface area contributed by atoms with Crippen LogP contribution in [0.4, 0.5) is 5.69 Å². The number of methoxy groups -OCH3 is 2. The average Bonchev–Trinajstić information content (AvgIpc) is 3.29. The Balaban J connectivity index is 1.66. The third-order valence-corrected chi connectivity index (χ3v) is 6.58. The summed E-state index contributed by atoms with van der Waals surface area (Å²) >= 11 is 1.82. The predicted molar refractivity (Wildman–Crippen MR) is 126 cm³/mol. The molecule has 2 heterocycles. The number of hydrazine groups is 1. The summed E-state index contributed by atoms with van der Waals surface area (Å²) in [5, 5.41) is 10.3. The third-order valence-electron chi connectivity index (χ3n) is 5.42. The Kier molecular flexibility index (Phi) is 6.77. The number of amidine groups is 2. The largest absolute Gasteiger partial charge is 0.374 e. The fourth-order valence-electron chi connectivity index (χ4n) is 3.92. The minimum Gasteiger partial charge on any atom is -0.374 e. The van der Waals surface area contributed by atoms with Crippen LogP contribution in [0.5, 0.6) is 0 Å². The van der Waals surface area contributed by atoms with Crippen LogP contribution in [0.1, 0.15) is 16.4 Å². The summed E-state index contributed by atoms with van der Waals surface area (Å²) < 4.78 is 11.0. The van der Waals surface area contributed by atoms with Gasteiger partial charge in [0.1, 0.15) is 18.0 Å². The standard InChI is InChI=1S/C22H28N6O2S/c1-23-27-21(28-24-2)13-5-7-15-17(11-13)26-22(16-9-10-31-20(15)16)25-14-6-8-18(29-3)19(12-14)30-4/h5-12,16,18-20,23-24H,1-4H3,(H,25,26)(H,27,28). The molecule has 0 saturated carbocycles. The Morgan fingerprint density at radius 2 is 1.97 bits per heavy atom. The molecule has 1 aliphatic carbocycles. The van der Waals surface area contributed by atoms with Crippen LogP contribution in [0.15, 0.2) is 63.7 Å². The third kappa shape index (κ3) is 4.40. The fourth-order valence-corrected chi connectivity index (χ4v) is 5.09. The van der Waals surface area contributed by atoms with Gasteiger partial charge in [-0.3, -0.25) is 0 Å². The summed E-state index contributed by atoms with van der Waals surface area (Å²) in [4.78, 5) is 5.01. The van der Waals surface area contributed by atoms with Crippen molar-refractivity contribution in [2.24, 2.45) is 16.0 Å². The molecule has 31 heavy (non-hydrogen) atoms. The van der Waals surface area contributed by atoms with Crippen LogP contribution in [0.25, 0.3) is 0 Å². The van der Waals surface area contributed by atoms with Crippen molar-refractivity contribution in [3.63, 3.8) is 0 Å². The molecule has 3 aliphatic rings. The summed E-state index contributed by atoms with van der Waals surface area (Å²) in [5.74, 6) is 1.81. The average molecular weight is 441 g/mol. The van der Waals surface area contributed by atoms with E-state index >= 15 is 0 Å². The number of fused-ring (bicyclic) bond motifs is 3. The normalized spacial score (nSPS) is 26.6. The van der Waals surface area contributed by atoms with E-state index < -0.39 is 0 Å². The van der Waals surface area contributed by atoms with Crippen molar-refractivity contribution < 1.29 is 9.47 Å². The Hall–Kier alpha value is -2.59. The Morgan fingerprint density at radius 3 is 2.71 bits per heavy atom. The van der Waals surface area contributed by atoms with Gasteiger partial charge in [-0.05, 0) is 29.2 Å². The highest BCUT2D eigenvalue weighted by Crippen LogP contribution is 2.49. The smallest absolute Gasteiger partial charge is 0.167 e. The van der Waals surface area contributed by atoms with Gasteiger partial charge in [-0.25, -0.2) is 10.4 Å². The molecular formula is C22H28N6O2S. The van der Waals surface area contributed by atoms with Gasteiger partial charge >= 0.3 is 0 Å². The number of aliphatic imine (C=N–C) groups is 1. The minimum atomic E-state index is -0.141. The van der Waals surface area contributed by atoms with Crippen LogP contribution >= 0.6 is 11.8 Å². The lowest BCUT2D eigenvalue weighted by molar-refractivity contribution is 0.0133. The lowest BCUT2D eigenvalue weighted by atomic mass is 9.92. The zero-order valence-corrected chi connectivity index (χ0v) is 18.9. The van der Waals surface area contributed by atoms with Gasteiger partial charge in [0, 0.05) is 44.8 Å². The lowest BCUT2D eigenvalue weighted by Crippen LogP contribution is -2.37. The van der Waals surface area contributed by atoms with Crippen molar-refractivity contribution in [3.8, 4) is 0 Å².